The Morgan fingerprint density at radius 3 is 2.89 bits per heavy atom. The third-order valence-corrected chi connectivity index (χ3v) is 2.46. The van der Waals surface area contributed by atoms with E-state index in [4.69, 9.17) is 5.11 Å². The number of fused-ring (bicyclic) bond motifs is 1. The van der Waals surface area contributed by atoms with E-state index in [1.807, 2.05) is 0 Å². The molecule has 18 heavy (non-hydrogen) atoms. The minimum atomic E-state index is -1.03. The molecule has 0 aliphatic carbocycles. The van der Waals surface area contributed by atoms with Crippen molar-refractivity contribution in [3.05, 3.63) is 30.1 Å². The smallest absolute Gasteiger partial charge is 0.336 e. The number of hydrogen-bond acceptors (Lipinski definition) is 5. The zero-order valence-electron chi connectivity index (χ0n) is 9.79. The molecule has 94 valence electrons. The van der Waals surface area contributed by atoms with Gasteiger partial charge in [0.1, 0.15) is 12.1 Å². The van der Waals surface area contributed by atoms with Gasteiger partial charge in [0.15, 0.2) is 0 Å². The lowest BCUT2D eigenvalue weighted by molar-refractivity contribution is 0.0699. The molecule has 6 nitrogen and oxygen atoms in total. The van der Waals surface area contributed by atoms with Gasteiger partial charge in [0, 0.05) is 6.54 Å². The Balaban J connectivity index is 2.55. The van der Waals surface area contributed by atoms with Crippen molar-refractivity contribution in [3.8, 4) is 0 Å². The van der Waals surface area contributed by atoms with Crippen molar-refractivity contribution in [2.75, 3.05) is 11.9 Å². The molecular formula is C12H13N3O3. The van der Waals surface area contributed by atoms with Gasteiger partial charge in [-0.05, 0) is 19.1 Å². The van der Waals surface area contributed by atoms with E-state index in [2.05, 4.69) is 15.3 Å². The van der Waals surface area contributed by atoms with E-state index in [1.54, 1.807) is 19.1 Å². The average Bonchev–Trinajstić information content (AvgIpc) is 2.35. The Morgan fingerprint density at radius 1 is 1.44 bits per heavy atom. The van der Waals surface area contributed by atoms with Crippen LogP contribution in [-0.4, -0.2) is 38.8 Å². The van der Waals surface area contributed by atoms with Crippen LogP contribution >= 0.6 is 0 Å². The largest absolute Gasteiger partial charge is 0.478 e. The van der Waals surface area contributed by atoms with E-state index < -0.39 is 12.1 Å². The molecule has 1 aromatic carbocycles. The molecule has 1 heterocycles. The summed E-state index contributed by atoms with van der Waals surface area (Å²) < 4.78 is 0. The maximum absolute atomic E-state index is 11.2. The molecule has 0 bridgehead atoms. The van der Waals surface area contributed by atoms with Gasteiger partial charge in [-0.1, -0.05) is 6.07 Å². The predicted molar refractivity (Wildman–Crippen MR) is 66.7 cm³/mol. The molecular weight excluding hydrogens is 234 g/mol. The average molecular weight is 247 g/mol. The number of benzene rings is 1. The van der Waals surface area contributed by atoms with Crippen LogP contribution in [0.3, 0.4) is 0 Å². The topological polar surface area (TPSA) is 95.3 Å². The maximum atomic E-state index is 11.2. The first-order chi connectivity index (χ1) is 8.59. The Kier molecular flexibility index (Phi) is 3.38. The minimum absolute atomic E-state index is 0.140. The number of aromatic nitrogens is 2. The monoisotopic (exact) mass is 247 g/mol. The van der Waals surface area contributed by atoms with Gasteiger partial charge in [0.25, 0.3) is 0 Å². The van der Waals surface area contributed by atoms with E-state index in [0.717, 1.165) is 0 Å². The van der Waals surface area contributed by atoms with E-state index >= 15 is 0 Å². The lowest BCUT2D eigenvalue weighted by atomic mass is 10.1. The van der Waals surface area contributed by atoms with Gasteiger partial charge in [0.05, 0.1) is 22.6 Å². The summed E-state index contributed by atoms with van der Waals surface area (Å²) in [7, 11) is 0. The minimum Gasteiger partial charge on any atom is -0.478 e. The number of hydrogen-bond donors (Lipinski definition) is 3. The number of carboxylic acid groups (broad SMARTS) is 1. The zero-order valence-corrected chi connectivity index (χ0v) is 9.79. The molecule has 6 heteroatoms. The summed E-state index contributed by atoms with van der Waals surface area (Å²) in [6.07, 6.45) is 0.810. The molecule has 0 saturated heterocycles. The Morgan fingerprint density at radius 2 is 2.22 bits per heavy atom. The molecule has 0 unspecified atom stereocenters. The summed E-state index contributed by atoms with van der Waals surface area (Å²) in [6, 6.07) is 4.86. The third-order valence-electron chi connectivity index (χ3n) is 2.46. The van der Waals surface area contributed by atoms with E-state index in [1.165, 1.54) is 12.4 Å². The second-order valence-corrected chi connectivity index (χ2v) is 3.96. The number of rotatable bonds is 4. The number of carbonyl (C=O) groups is 1. The third kappa shape index (κ3) is 2.38. The van der Waals surface area contributed by atoms with Crippen LogP contribution in [-0.2, 0) is 0 Å². The summed E-state index contributed by atoms with van der Waals surface area (Å²) >= 11 is 0. The molecule has 1 aromatic heterocycles. The second kappa shape index (κ2) is 4.97. The predicted octanol–water partition coefficient (Wildman–Crippen LogP) is 1.12. The number of aliphatic hydroxyl groups excluding tert-OH is 1. The number of aliphatic hydroxyl groups is 1. The summed E-state index contributed by atoms with van der Waals surface area (Å²) in [4.78, 5) is 19.2. The number of aromatic carboxylic acids is 1. The molecule has 0 saturated carbocycles. The normalized spacial score (nSPS) is 12.3. The van der Waals surface area contributed by atoms with Crippen LogP contribution in [0, 0.1) is 0 Å². The molecule has 0 spiro atoms. The van der Waals surface area contributed by atoms with E-state index in [-0.39, 0.29) is 5.56 Å². The van der Waals surface area contributed by atoms with E-state index in [9.17, 15) is 9.90 Å². The van der Waals surface area contributed by atoms with Crippen molar-refractivity contribution in [2.45, 2.75) is 13.0 Å². The molecule has 0 fully saturated rings. The molecule has 0 amide bonds. The molecule has 0 aliphatic rings. The first kappa shape index (κ1) is 12.3. The van der Waals surface area contributed by atoms with Crippen molar-refractivity contribution in [3.63, 3.8) is 0 Å². The summed E-state index contributed by atoms with van der Waals surface area (Å²) in [5.41, 5.74) is 0.694. The van der Waals surface area contributed by atoms with Crippen LogP contribution in [0.25, 0.3) is 10.9 Å². The van der Waals surface area contributed by atoms with Crippen molar-refractivity contribution in [1.29, 1.82) is 0 Å². The molecule has 0 aliphatic heterocycles. The van der Waals surface area contributed by atoms with Crippen molar-refractivity contribution < 1.29 is 15.0 Å². The number of nitrogens with zero attached hydrogens (tertiary/aromatic N) is 2. The number of nitrogens with one attached hydrogen (secondary N) is 1. The van der Waals surface area contributed by atoms with E-state index in [0.29, 0.717) is 23.3 Å². The lowest BCUT2D eigenvalue weighted by Crippen LogP contribution is -2.16. The van der Waals surface area contributed by atoms with Crippen LogP contribution in [0.1, 0.15) is 17.3 Å². The molecule has 3 N–H and O–H groups in total. The molecule has 0 radical (unpaired) electrons. The van der Waals surface area contributed by atoms with Gasteiger partial charge < -0.3 is 15.5 Å². The maximum Gasteiger partial charge on any atom is 0.336 e. The fourth-order valence-electron chi connectivity index (χ4n) is 1.67. The molecule has 2 aromatic rings. The molecule has 1 atom stereocenters. The number of carboxylic acids is 1. The highest BCUT2D eigenvalue weighted by atomic mass is 16.4. The summed E-state index contributed by atoms with van der Waals surface area (Å²) in [5, 5.41) is 21.8. The second-order valence-electron chi connectivity index (χ2n) is 3.96. The van der Waals surface area contributed by atoms with Crippen LogP contribution in [0.2, 0.25) is 0 Å². The first-order valence-corrected chi connectivity index (χ1v) is 5.48. The Bertz CT molecular complexity index is 579. The van der Waals surface area contributed by atoms with Crippen LogP contribution < -0.4 is 5.32 Å². The zero-order chi connectivity index (χ0) is 13.1. The Hall–Kier alpha value is -2.21. The quantitative estimate of drug-likeness (QED) is 0.749. The molecule has 2 rings (SSSR count). The van der Waals surface area contributed by atoms with Gasteiger partial charge in [0.2, 0.25) is 0 Å². The highest BCUT2D eigenvalue weighted by molar-refractivity contribution is 6.06. The SMILES string of the molecule is C[C@H](O)CNc1ncnc2cccc(C(=O)O)c12. The van der Waals surface area contributed by atoms with Gasteiger partial charge >= 0.3 is 5.97 Å². The fraction of sp³-hybridized carbons (Fsp3) is 0.250. The standard InChI is InChI=1S/C12H13N3O3/c1-7(16)5-13-11-10-8(12(17)18)3-2-4-9(10)14-6-15-11/h2-4,6-7,16H,5H2,1H3,(H,17,18)(H,13,14,15)/t7-/m0/s1. The first-order valence-electron chi connectivity index (χ1n) is 5.48. The number of anilines is 1. The van der Waals surface area contributed by atoms with Crippen LogP contribution in [0.15, 0.2) is 24.5 Å². The van der Waals surface area contributed by atoms with Gasteiger partial charge in [-0.3, -0.25) is 0 Å². The van der Waals surface area contributed by atoms with Gasteiger partial charge in [-0.2, -0.15) is 0 Å². The van der Waals surface area contributed by atoms with Crippen LogP contribution in [0.4, 0.5) is 5.82 Å². The lowest BCUT2D eigenvalue weighted by Gasteiger charge is -2.11. The Labute approximate surface area is 103 Å². The van der Waals surface area contributed by atoms with Gasteiger partial charge in [-0.15, -0.1) is 0 Å². The van der Waals surface area contributed by atoms with Gasteiger partial charge in [-0.25, -0.2) is 14.8 Å². The van der Waals surface area contributed by atoms with Crippen molar-refractivity contribution in [1.82, 2.24) is 9.97 Å². The van der Waals surface area contributed by atoms with Crippen molar-refractivity contribution >= 4 is 22.7 Å². The summed E-state index contributed by atoms with van der Waals surface area (Å²) in [6.45, 7) is 1.93. The fourth-order valence-corrected chi connectivity index (χ4v) is 1.67. The van der Waals surface area contributed by atoms with Crippen molar-refractivity contribution in [2.24, 2.45) is 0 Å². The highest BCUT2D eigenvalue weighted by Gasteiger charge is 2.13. The summed E-state index contributed by atoms with van der Waals surface area (Å²) in [5.74, 6) is -0.616. The highest BCUT2D eigenvalue weighted by Crippen LogP contribution is 2.23. The van der Waals surface area contributed by atoms with Crippen LogP contribution in [0.5, 0.6) is 0 Å².